The maximum absolute atomic E-state index is 13.2. The van der Waals surface area contributed by atoms with Gasteiger partial charge in [0, 0.05) is 10.0 Å². The average Bonchev–Trinajstić information content (AvgIpc) is 2.69. The minimum absolute atomic E-state index is 0.215. The lowest BCUT2D eigenvalue weighted by atomic mass is 9.79. The van der Waals surface area contributed by atoms with E-state index in [1.54, 1.807) is 0 Å². The maximum atomic E-state index is 13.2. The lowest BCUT2D eigenvalue weighted by molar-refractivity contribution is -0.143. The van der Waals surface area contributed by atoms with E-state index in [1.165, 1.54) is 12.0 Å². The monoisotopic (exact) mass is 376 g/mol. The topological polar surface area (TPSA) is 26.3 Å². The molecule has 1 spiro atoms. The van der Waals surface area contributed by atoms with Crippen LogP contribution in [0, 0.1) is 0 Å². The molecule has 0 amide bonds. The Morgan fingerprint density at radius 1 is 1.22 bits per heavy atom. The number of aryl methyl sites for hydroxylation is 1. The van der Waals surface area contributed by atoms with Gasteiger partial charge in [-0.25, -0.2) is 0 Å². The molecule has 2 fully saturated rings. The highest BCUT2D eigenvalue weighted by atomic mass is 79.9. The quantitative estimate of drug-likeness (QED) is 0.639. The van der Waals surface area contributed by atoms with E-state index in [9.17, 15) is 4.79 Å². The van der Waals surface area contributed by atoms with Crippen molar-refractivity contribution in [3.05, 3.63) is 39.4 Å². The third-order valence-corrected chi connectivity index (χ3v) is 5.70. The number of carbonyl (C=O) groups is 1. The van der Waals surface area contributed by atoms with Gasteiger partial charge in [-0.05, 0) is 62.4 Å². The Kier molecular flexibility index (Phi) is 4.54. The first kappa shape index (κ1) is 16.9. The first-order chi connectivity index (χ1) is 10.9. The minimum atomic E-state index is -0.560. The normalized spacial score (nSPS) is 24.5. The molecular weight excluding hydrogens is 352 g/mol. The van der Waals surface area contributed by atoms with Gasteiger partial charge >= 0.3 is 0 Å². The van der Waals surface area contributed by atoms with Gasteiger partial charge in [0.1, 0.15) is 5.60 Å². The highest BCUT2D eigenvalue weighted by molar-refractivity contribution is 9.10. The van der Waals surface area contributed by atoms with Crippen molar-refractivity contribution in [2.75, 3.05) is 0 Å². The summed E-state index contributed by atoms with van der Waals surface area (Å²) in [4.78, 5) is 13.2. The van der Waals surface area contributed by atoms with E-state index in [0.717, 1.165) is 47.7 Å². The van der Waals surface area contributed by atoms with E-state index in [0.29, 0.717) is 0 Å². The van der Waals surface area contributed by atoms with Gasteiger partial charge in [-0.1, -0.05) is 48.2 Å². The first-order valence-electron chi connectivity index (χ1n) is 8.63. The van der Waals surface area contributed by atoms with Gasteiger partial charge in [-0.3, -0.25) is 4.79 Å². The van der Waals surface area contributed by atoms with Gasteiger partial charge in [0.15, 0.2) is 5.78 Å². The third-order valence-electron chi connectivity index (χ3n) is 5.20. The van der Waals surface area contributed by atoms with Crippen LogP contribution >= 0.6 is 15.9 Å². The zero-order valence-electron chi connectivity index (χ0n) is 14.2. The molecule has 0 aromatic heterocycles. The molecule has 2 nitrogen and oxygen atoms in total. The summed E-state index contributed by atoms with van der Waals surface area (Å²) in [5.41, 5.74) is 2.14. The second-order valence-corrected chi connectivity index (χ2v) is 8.17. The van der Waals surface area contributed by atoms with Crippen LogP contribution in [0.5, 0.6) is 0 Å². The van der Waals surface area contributed by atoms with Gasteiger partial charge in [-0.15, -0.1) is 0 Å². The number of hydrogen-bond donors (Lipinski definition) is 0. The van der Waals surface area contributed by atoms with E-state index in [4.69, 9.17) is 4.74 Å². The van der Waals surface area contributed by atoms with E-state index in [2.05, 4.69) is 41.1 Å². The average molecular weight is 377 g/mol. The van der Waals surface area contributed by atoms with Crippen molar-refractivity contribution >= 4 is 27.8 Å². The number of ketones is 1. The summed E-state index contributed by atoms with van der Waals surface area (Å²) in [5, 5.41) is 0. The number of rotatable bonds is 2. The number of benzene rings is 1. The number of halogens is 1. The molecule has 0 unspecified atom stereocenters. The van der Waals surface area contributed by atoms with E-state index < -0.39 is 11.2 Å². The van der Waals surface area contributed by atoms with Crippen LogP contribution < -0.4 is 0 Å². The van der Waals surface area contributed by atoms with E-state index in [-0.39, 0.29) is 5.78 Å². The number of Topliss-reactive ketones (excluding diaryl/α,β-unsaturated/α-hetero) is 1. The predicted molar refractivity (Wildman–Crippen MR) is 97.5 cm³/mol. The number of ether oxygens (including phenoxy) is 1. The van der Waals surface area contributed by atoms with Gasteiger partial charge in [0.2, 0.25) is 0 Å². The molecule has 0 N–H and O–H groups in total. The Balaban J connectivity index is 2.03. The van der Waals surface area contributed by atoms with Crippen LogP contribution in [0.4, 0.5) is 0 Å². The van der Waals surface area contributed by atoms with Crippen LogP contribution in [0.25, 0.3) is 6.08 Å². The summed E-state index contributed by atoms with van der Waals surface area (Å²) in [5.74, 6) is 0.215. The van der Waals surface area contributed by atoms with E-state index >= 15 is 0 Å². The van der Waals surface area contributed by atoms with Crippen LogP contribution in [-0.2, 0) is 16.0 Å². The van der Waals surface area contributed by atoms with Crippen LogP contribution in [0.2, 0.25) is 0 Å². The molecule has 1 aromatic carbocycles. The first-order valence-corrected chi connectivity index (χ1v) is 9.43. The SMILES string of the molecule is CCc1cc(Br)ccc1/C=C1/C(=O)C2(CCCCC2)OC1(C)C. The van der Waals surface area contributed by atoms with Crippen molar-refractivity contribution in [1.29, 1.82) is 0 Å². The molecule has 23 heavy (non-hydrogen) atoms. The Morgan fingerprint density at radius 2 is 1.91 bits per heavy atom. The highest BCUT2D eigenvalue weighted by Gasteiger charge is 2.54. The molecule has 124 valence electrons. The predicted octanol–water partition coefficient (Wildman–Crippen LogP) is 5.48. The largest absolute Gasteiger partial charge is 0.356 e. The fraction of sp³-hybridized carbons (Fsp3) is 0.550. The van der Waals surface area contributed by atoms with Crippen molar-refractivity contribution in [2.24, 2.45) is 0 Å². The Bertz CT molecular complexity index is 652. The summed E-state index contributed by atoms with van der Waals surface area (Å²) in [6.07, 6.45) is 8.14. The molecule has 1 aromatic rings. The number of hydrogen-bond acceptors (Lipinski definition) is 2. The fourth-order valence-electron chi connectivity index (χ4n) is 3.98. The second kappa shape index (κ2) is 6.18. The van der Waals surface area contributed by atoms with Crippen LogP contribution in [0.15, 0.2) is 28.2 Å². The van der Waals surface area contributed by atoms with Gasteiger partial charge in [0.05, 0.1) is 5.60 Å². The third kappa shape index (κ3) is 3.06. The summed E-state index contributed by atoms with van der Waals surface area (Å²) >= 11 is 3.53. The Morgan fingerprint density at radius 3 is 2.57 bits per heavy atom. The lowest BCUT2D eigenvalue weighted by Crippen LogP contribution is -2.39. The molecular formula is C20H25BrO2. The summed E-state index contributed by atoms with van der Waals surface area (Å²) in [6, 6.07) is 6.26. The minimum Gasteiger partial charge on any atom is -0.356 e. The molecule has 0 atom stereocenters. The smallest absolute Gasteiger partial charge is 0.193 e. The van der Waals surface area contributed by atoms with Crippen molar-refractivity contribution in [1.82, 2.24) is 0 Å². The van der Waals surface area contributed by atoms with Crippen molar-refractivity contribution in [2.45, 2.75) is 70.5 Å². The van der Waals surface area contributed by atoms with Crippen LogP contribution in [0.3, 0.4) is 0 Å². The maximum Gasteiger partial charge on any atom is 0.193 e. The molecule has 1 heterocycles. The molecule has 0 bridgehead atoms. The van der Waals surface area contributed by atoms with Crippen LogP contribution in [-0.4, -0.2) is 17.0 Å². The molecule has 3 rings (SSSR count). The van der Waals surface area contributed by atoms with Gasteiger partial charge < -0.3 is 4.74 Å². The number of carbonyl (C=O) groups excluding carboxylic acids is 1. The highest BCUT2D eigenvalue weighted by Crippen LogP contribution is 2.47. The summed E-state index contributed by atoms with van der Waals surface area (Å²) in [7, 11) is 0. The van der Waals surface area contributed by atoms with Gasteiger partial charge in [-0.2, -0.15) is 0 Å². The fourth-order valence-corrected chi connectivity index (χ4v) is 4.39. The molecule has 2 aliphatic rings. The summed E-state index contributed by atoms with van der Waals surface area (Å²) < 4.78 is 7.42. The van der Waals surface area contributed by atoms with Gasteiger partial charge in [0.25, 0.3) is 0 Å². The second-order valence-electron chi connectivity index (χ2n) is 7.25. The molecule has 1 saturated carbocycles. The zero-order chi connectivity index (χ0) is 16.7. The van der Waals surface area contributed by atoms with Crippen molar-refractivity contribution < 1.29 is 9.53 Å². The van der Waals surface area contributed by atoms with E-state index in [1.807, 2.05) is 19.9 Å². The lowest BCUT2D eigenvalue weighted by Gasteiger charge is -2.32. The molecule has 1 aliphatic heterocycles. The summed E-state index contributed by atoms with van der Waals surface area (Å²) in [6.45, 7) is 6.21. The van der Waals surface area contributed by atoms with Crippen molar-refractivity contribution in [3.63, 3.8) is 0 Å². The van der Waals surface area contributed by atoms with Crippen LogP contribution in [0.1, 0.15) is 64.0 Å². The Hall–Kier alpha value is -0.930. The molecule has 1 saturated heterocycles. The van der Waals surface area contributed by atoms with Crippen molar-refractivity contribution in [3.8, 4) is 0 Å². The molecule has 1 aliphatic carbocycles. The Labute approximate surface area is 147 Å². The zero-order valence-corrected chi connectivity index (χ0v) is 15.8. The molecule has 3 heteroatoms. The standard InChI is InChI=1S/C20H25BrO2/c1-4-14-12-16(21)9-8-15(14)13-17-18(22)20(23-19(17,2)3)10-6-5-7-11-20/h8-9,12-13H,4-7,10-11H2,1-3H3/b17-13-. The molecule has 0 radical (unpaired) electrons.